The van der Waals surface area contributed by atoms with Gasteiger partial charge in [-0.1, -0.05) is 57.5 Å². The van der Waals surface area contributed by atoms with Gasteiger partial charge in [0.15, 0.2) is 11.0 Å². The Morgan fingerprint density at radius 2 is 1.83 bits per heavy atom. The van der Waals surface area contributed by atoms with Crippen LogP contribution >= 0.6 is 39.3 Å². The monoisotopic (exact) mass is 499 g/mol. The Morgan fingerprint density at radius 3 is 2.57 bits per heavy atom. The number of carbonyl (C=O) groups excluding carboxylic acids is 1. The molecule has 6 nitrogen and oxygen atoms in total. The van der Waals surface area contributed by atoms with Crippen molar-refractivity contribution < 1.29 is 4.79 Å². The first-order chi connectivity index (χ1) is 14.6. The Bertz CT molecular complexity index is 1170. The summed E-state index contributed by atoms with van der Waals surface area (Å²) in [6.45, 7) is 0. The zero-order chi connectivity index (χ0) is 20.9. The molecule has 2 aromatic carbocycles. The molecule has 0 unspecified atom stereocenters. The third-order valence-electron chi connectivity index (χ3n) is 4.12. The summed E-state index contributed by atoms with van der Waals surface area (Å²) >= 11 is 10.8. The number of pyridine rings is 1. The standard InChI is InChI=1S/C21H15BrClN5OS/c22-15-6-7-18(17(23)12-15)25-19(29)13-30-21-27-26-20(14-8-10-24-11-9-14)28(21)16-4-2-1-3-5-16/h1-12H,13H2,(H,25,29). The van der Waals surface area contributed by atoms with Crippen LogP contribution in [-0.4, -0.2) is 31.4 Å². The Kier molecular flexibility index (Phi) is 6.47. The van der Waals surface area contributed by atoms with Crippen LogP contribution in [0.25, 0.3) is 17.1 Å². The quantitative estimate of drug-likeness (QED) is 0.355. The maximum atomic E-state index is 12.5. The molecule has 1 amide bonds. The summed E-state index contributed by atoms with van der Waals surface area (Å²) in [4.78, 5) is 16.5. The van der Waals surface area contributed by atoms with E-state index in [4.69, 9.17) is 11.6 Å². The van der Waals surface area contributed by atoms with Gasteiger partial charge in [-0.3, -0.25) is 14.3 Å². The molecule has 0 aliphatic carbocycles. The van der Waals surface area contributed by atoms with Gasteiger partial charge >= 0.3 is 0 Å². The van der Waals surface area contributed by atoms with E-state index >= 15 is 0 Å². The van der Waals surface area contributed by atoms with E-state index in [1.54, 1.807) is 24.5 Å². The minimum Gasteiger partial charge on any atom is -0.324 e. The van der Waals surface area contributed by atoms with Gasteiger partial charge in [-0.25, -0.2) is 0 Å². The summed E-state index contributed by atoms with van der Waals surface area (Å²) in [5, 5.41) is 12.6. The van der Waals surface area contributed by atoms with Gasteiger partial charge < -0.3 is 5.32 Å². The molecule has 0 aliphatic heterocycles. The van der Waals surface area contributed by atoms with Crippen LogP contribution in [0.5, 0.6) is 0 Å². The molecule has 30 heavy (non-hydrogen) atoms. The predicted octanol–water partition coefficient (Wildman–Crippen LogP) is 5.48. The number of rotatable bonds is 6. The van der Waals surface area contributed by atoms with Crippen molar-refractivity contribution >= 4 is 50.9 Å². The van der Waals surface area contributed by atoms with Crippen LogP contribution in [0, 0.1) is 0 Å². The lowest BCUT2D eigenvalue weighted by molar-refractivity contribution is -0.113. The van der Waals surface area contributed by atoms with E-state index in [1.165, 1.54) is 11.8 Å². The molecule has 0 bridgehead atoms. The number of nitrogens with zero attached hydrogens (tertiary/aromatic N) is 4. The van der Waals surface area contributed by atoms with Crippen molar-refractivity contribution in [1.82, 2.24) is 19.7 Å². The fraction of sp³-hybridized carbons (Fsp3) is 0.0476. The summed E-state index contributed by atoms with van der Waals surface area (Å²) < 4.78 is 2.78. The molecular weight excluding hydrogens is 486 g/mol. The molecular formula is C21H15BrClN5OS. The highest BCUT2D eigenvalue weighted by molar-refractivity contribution is 9.10. The van der Waals surface area contributed by atoms with Gasteiger partial charge in [-0.2, -0.15) is 0 Å². The van der Waals surface area contributed by atoms with Crippen LogP contribution < -0.4 is 5.32 Å². The van der Waals surface area contributed by atoms with E-state index in [1.807, 2.05) is 53.1 Å². The number of thioether (sulfide) groups is 1. The molecule has 0 saturated carbocycles. The van der Waals surface area contributed by atoms with Crippen LogP contribution in [0.3, 0.4) is 0 Å². The molecule has 0 atom stereocenters. The zero-order valence-corrected chi connectivity index (χ0v) is 18.7. The Labute approximate surface area is 190 Å². The number of carbonyl (C=O) groups is 1. The average molecular weight is 501 g/mol. The van der Waals surface area contributed by atoms with Crippen LogP contribution in [0.2, 0.25) is 5.02 Å². The molecule has 0 radical (unpaired) electrons. The SMILES string of the molecule is O=C(CSc1nnc(-c2ccncc2)n1-c1ccccc1)Nc1ccc(Br)cc1Cl. The topological polar surface area (TPSA) is 72.7 Å². The van der Waals surface area contributed by atoms with Gasteiger partial charge in [0.05, 0.1) is 16.5 Å². The van der Waals surface area contributed by atoms with Gasteiger partial charge in [-0.05, 0) is 42.5 Å². The normalized spacial score (nSPS) is 10.7. The molecule has 0 aliphatic rings. The maximum absolute atomic E-state index is 12.5. The van der Waals surface area contributed by atoms with Crippen LogP contribution in [-0.2, 0) is 4.79 Å². The first-order valence-electron chi connectivity index (χ1n) is 8.91. The second kappa shape index (κ2) is 9.42. The molecule has 0 spiro atoms. The van der Waals surface area contributed by atoms with Crippen molar-refractivity contribution in [3.05, 3.63) is 82.6 Å². The molecule has 0 fully saturated rings. The summed E-state index contributed by atoms with van der Waals surface area (Å²) in [7, 11) is 0. The molecule has 4 aromatic rings. The molecule has 1 N–H and O–H groups in total. The van der Waals surface area contributed by atoms with Crippen LogP contribution in [0.4, 0.5) is 5.69 Å². The molecule has 9 heteroatoms. The number of benzene rings is 2. The molecule has 2 aromatic heterocycles. The first-order valence-corrected chi connectivity index (χ1v) is 11.1. The highest BCUT2D eigenvalue weighted by Crippen LogP contribution is 2.29. The highest BCUT2D eigenvalue weighted by atomic mass is 79.9. The van der Waals surface area contributed by atoms with Gasteiger partial charge in [-0.15, -0.1) is 10.2 Å². The Balaban J connectivity index is 1.57. The zero-order valence-electron chi connectivity index (χ0n) is 15.5. The molecule has 4 rings (SSSR count). The highest BCUT2D eigenvalue weighted by Gasteiger charge is 2.17. The van der Waals surface area contributed by atoms with Crippen molar-refractivity contribution in [3.8, 4) is 17.1 Å². The van der Waals surface area contributed by atoms with Crippen molar-refractivity contribution in [2.75, 3.05) is 11.1 Å². The molecule has 150 valence electrons. The number of halogens is 2. The fourth-order valence-corrected chi connectivity index (χ4v) is 4.24. The lowest BCUT2D eigenvalue weighted by Crippen LogP contribution is -2.15. The fourth-order valence-electron chi connectivity index (χ4n) is 2.77. The number of amides is 1. The summed E-state index contributed by atoms with van der Waals surface area (Å²) in [5.41, 5.74) is 2.36. The van der Waals surface area contributed by atoms with Crippen molar-refractivity contribution in [2.45, 2.75) is 5.16 Å². The van der Waals surface area contributed by atoms with Crippen molar-refractivity contribution in [2.24, 2.45) is 0 Å². The van der Waals surface area contributed by atoms with E-state index < -0.39 is 0 Å². The van der Waals surface area contributed by atoms with E-state index in [-0.39, 0.29) is 11.7 Å². The number of nitrogens with one attached hydrogen (secondary N) is 1. The number of hydrogen-bond acceptors (Lipinski definition) is 5. The Hall–Kier alpha value is -2.68. The number of hydrogen-bond donors (Lipinski definition) is 1. The average Bonchev–Trinajstić information content (AvgIpc) is 3.19. The largest absolute Gasteiger partial charge is 0.324 e. The molecule has 2 heterocycles. The van der Waals surface area contributed by atoms with Crippen molar-refractivity contribution in [1.29, 1.82) is 0 Å². The van der Waals surface area contributed by atoms with Crippen LogP contribution in [0.15, 0.2) is 82.7 Å². The third-order valence-corrected chi connectivity index (χ3v) is 5.86. The summed E-state index contributed by atoms with van der Waals surface area (Å²) in [6.07, 6.45) is 3.42. The van der Waals surface area contributed by atoms with Gasteiger partial charge in [0.25, 0.3) is 0 Å². The third kappa shape index (κ3) is 4.72. The summed E-state index contributed by atoms with van der Waals surface area (Å²) in [5.74, 6) is 0.660. The first kappa shape index (κ1) is 20.6. The summed E-state index contributed by atoms with van der Waals surface area (Å²) in [6, 6.07) is 18.8. The lowest BCUT2D eigenvalue weighted by atomic mass is 10.2. The minimum absolute atomic E-state index is 0.160. The van der Waals surface area contributed by atoms with Gasteiger partial charge in [0.2, 0.25) is 5.91 Å². The Morgan fingerprint density at radius 1 is 1.07 bits per heavy atom. The van der Waals surface area contributed by atoms with E-state index in [9.17, 15) is 4.79 Å². The van der Waals surface area contributed by atoms with E-state index in [2.05, 4.69) is 36.4 Å². The second-order valence-corrected chi connectivity index (χ2v) is 8.44. The maximum Gasteiger partial charge on any atom is 0.234 e. The number of para-hydroxylation sites is 1. The van der Waals surface area contributed by atoms with Gasteiger partial charge in [0, 0.05) is 28.1 Å². The van der Waals surface area contributed by atoms with E-state index in [0.717, 1.165) is 15.7 Å². The van der Waals surface area contributed by atoms with Gasteiger partial charge in [0.1, 0.15) is 0 Å². The minimum atomic E-state index is -0.183. The molecule has 0 saturated heterocycles. The van der Waals surface area contributed by atoms with Crippen LogP contribution in [0.1, 0.15) is 0 Å². The van der Waals surface area contributed by atoms with E-state index in [0.29, 0.717) is 21.7 Å². The second-order valence-electron chi connectivity index (χ2n) is 6.17. The smallest absolute Gasteiger partial charge is 0.234 e. The number of anilines is 1. The lowest BCUT2D eigenvalue weighted by Gasteiger charge is -2.11. The van der Waals surface area contributed by atoms with Crippen molar-refractivity contribution in [3.63, 3.8) is 0 Å². The predicted molar refractivity (Wildman–Crippen MR) is 123 cm³/mol. The number of aromatic nitrogens is 4.